The normalized spacial score (nSPS) is 12.6. The lowest BCUT2D eigenvalue weighted by atomic mass is 9.96. The van der Waals surface area contributed by atoms with Crippen LogP contribution in [0.3, 0.4) is 0 Å². The summed E-state index contributed by atoms with van der Waals surface area (Å²) in [6.07, 6.45) is 41.1. The quantitative estimate of drug-likeness (QED) is 0.0177. The fraction of sp³-hybridized carbons (Fsp3) is 0.884. The number of unbranched alkanes of at least 4 members (excludes halogenated alkanes) is 25. The van der Waals surface area contributed by atoms with Crippen molar-refractivity contribution in [1.29, 1.82) is 0 Å². The summed E-state index contributed by atoms with van der Waals surface area (Å²) in [4.78, 5) is 32.3. The molecule has 1 amide bonds. The zero-order valence-electron chi connectivity index (χ0n) is 35.5. The highest BCUT2D eigenvalue weighted by molar-refractivity contribution is 5.95. The van der Waals surface area contributed by atoms with Crippen molar-refractivity contribution in [3.63, 3.8) is 0 Å². The van der Waals surface area contributed by atoms with Gasteiger partial charge in [-0.25, -0.2) is 0 Å². The highest BCUT2D eigenvalue weighted by Gasteiger charge is 2.32. The second-order valence-electron chi connectivity index (χ2n) is 15.4. The van der Waals surface area contributed by atoms with Crippen molar-refractivity contribution in [1.82, 2.24) is 4.90 Å². The first kappa shape index (κ1) is 60.6. The Morgan fingerprint density at radius 3 is 1.22 bits per heavy atom. The number of ketones is 1. The first-order valence-electron chi connectivity index (χ1n) is 22.1. The molecule has 3 unspecified atom stereocenters. The maximum absolute atomic E-state index is 13.6. The number of carbonyl (C=O) groups is 2. The Labute approximate surface area is 358 Å². The van der Waals surface area contributed by atoms with Crippen LogP contribution in [0.1, 0.15) is 206 Å². The van der Waals surface area contributed by atoms with Gasteiger partial charge in [0.05, 0.1) is 12.1 Å². The van der Waals surface area contributed by atoms with Crippen LogP contribution in [-0.4, -0.2) is 60.3 Å². The van der Waals surface area contributed by atoms with E-state index in [2.05, 4.69) is 31.0 Å². The van der Waals surface area contributed by atoms with Crippen molar-refractivity contribution >= 4 is 54.9 Å². The number of hydrogen-bond donors (Lipinski definition) is 5. The van der Waals surface area contributed by atoms with E-state index in [1.807, 2.05) is 4.90 Å². The van der Waals surface area contributed by atoms with Crippen molar-refractivity contribution in [2.75, 3.05) is 19.6 Å². The molecule has 0 aliphatic rings. The van der Waals surface area contributed by atoms with Gasteiger partial charge in [0.1, 0.15) is 6.04 Å². The zero-order chi connectivity index (χ0) is 38.5. The number of rotatable bonds is 39. The van der Waals surface area contributed by atoms with E-state index in [0.29, 0.717) is 32.5 Å². The molecule has 0 aliphatic carbocycles. The standard InChI is InChI=1S/C43H87N7O2.3ClH/c1-3-5-7-9-11-13-15-17-19-20-22-24-26-28-30-32-37-50(36-31-29-27-25-23-21-18-16-14-12-10-8-6-4-2)42(52)40(46)39(45)41(51)38(44)34-33-35-49-43(47)48;;;/h17,19,38-40H,3-16,18,20-37,44-46H2,1-2H3,(H4,47,48,49);3*1H/b19-17-;;;. The maximum atomic E-state index is 13.6. The van der Waals surface area contributed by atoms with Gasteiger partial charge >= 0.3 is 0 Å². The molecule has 3 atom stereocenters. The third-order valence-electron chi connectivity index (χ3n) is 10.4. The van der Waals surface area contributed by atoms with Gasteiger partial charge in [0.2, 0.25) is 5.91 Å². The Balaban J connectivity index is -0.00000433. The monoisotopic (exact) mass is 842 g/mol. The molecule has 0 radical (unpaired) electrons. The molecule has 12 heteroatoms. The van der Waals surface area contributed by atoms with Gasteiger partial charge in [-0.1, -0.05) is 167 Å². The van der Waals surface area contributed by atoms with Crippen LogP contribution in [0.4, 0.5) is 0 Å². The van der Waals surface area contributed by atoms with E-state index < -0.39 is 18.1 Å². The van der Waals surface area contributed by atoms with Crippen LogP contribution < -0.4 is 28.7 Å². The van der Waals surface area contributed by atoms with E-state index in [1.54, 1.807) is 0 Å². The van der Waals surface area contributed by atoms with E-state index in [9.17, 15) is 9.59 Å². The van der Waals surface area contributed by atoms with Crippen molar-refractivity contribution in [3.05, 3.63) is 12.2 Å². The van der Waals surface area contributed by atoms with Crippen LogP contribution >= 0.6 is 37.2 Å². The molecule has 55 heavy (non-hydrogen) atoms. The van der Waals surface area contributed by atoms with E-state index in [4.69, 9.17) is 28.7 Å². The molecule has 0 fully saturated rings. The van der Waals surface area contributed by atoms with E-state index in [1.165, 1.54) is 154 Å². The van der Waals surface area contributed by atoms with Crippen LogP contribution in [0.2, 0.25) is 0 Å². The van der Waals surface area contributed by atoms with Gasteiger partial charge in [0.25, 0.3) is 0 Å². The summed E-state index contributed by atoms with van der Waals surface area (Å²) in [7, 11) is 0. The summed E-state index contributed by atoms with van der Waals surface area (Å²) in [5.41, 5.74) is 29.5. The predicted molar refractivity (Wildman–Crippen MR) is 247 cm³/mol. The molecule has 10 N–H and O–H groups in total. The summed E-state index contributed by atoms with van der Waals surface area (Å²) < 4.78 is 0. The van der Waals surface area contributed by atoms with Crippen molar-refractivity contribution < 1.29 is 9.59 Å². The Kier molecular flexibility index (Phi) is 50.2. The number of nitrogens with zero attached hydrogens (tertiary/aromatic N) is 2. The minimum Gasteiger partial charge on any atom is -0.370 e. The molecule has 0 aromatic carbocycles. The van der Waals surface area contributed by atoms with E-state index in [-0.39, 0.29) is 54.9 Å². The lowest BCUT2D eigenvalue weighted by molar-refractivity contribution is -0.136. The molecule has 0 heterocycles. The largest absolute Gasteiger partial charge is 0.370 e. The number of guanidine groups is 1. The van der Waals surface area contributed by atoms with Gasteiger partial charge in [-0.05, 0) is 51.4 Å². The number of nitrogens with two attached hydrogens (primary N) is 5. The van der Waals surface area contributed by atoms with Gasteiger partial charge in [-0.3, -0.25) is 14.6 Å². The number of aliphatic imine (C=N–C) groups is 1. The van der Waals surface area contributed by atoms with Gasteiger partial charge in [-0.15, -0.1) is 37.2 Å². The molecule has 9 nitrogen and oxygen atoms in total. The number of hydrogen-bond acceptors (Lipinski definition) is 6. The molecule has 0 saturated carbocycles. The fourth-order valence-electron chi connectivity index (χ4n) is 6.83. The van der Waals surface area contributed by atoms with E-state index >= 15 is 0 Å². The average Bonchev–Trinajstić information content (AvgIpc) is 3.14. The van der Waals surface area contributed by atoms with Crippen molar-refractivity contribution in [2.24, 2.45) is 33.7 Å². The average molecular weight is 844 g/mol. The topological polar surface area (TPSA) is 180 Å². The summed E-state index contributed by atoms with van der Waals surface area (Å²) in [6.45, 7) is 6.22. The first-order valence-corrected chi connectivity index (χ1v) is 22.1. The van der Waals surface area contributed by atoms with Crippen molar-refractivity contribution in [3.8, 4) is 0 Å². The molecular weight excluding hydrogens is 753 g/mol. The Morgan fingerprint density at radius 2 is 0.855 bits per heavy atom. The molecule has 0 spiro atoms. The van der Waals surface area contributed by atoms with Gasteiger partial charge in [0, 0.05) is 19.6 Å². The zero-order valence-corrected chi connectivity index (χ0v) is 38.0. The summed E-state index contributed by atoms with van der Waals surface area (Å²) >= 11 is 0. The summed E-state index contributed by atoms with van der Waals surface area (Å²) in [5, 5.41) is 0. The van der Waals surface area contributed by atoms with Gasteiger partial charge in [0.15, 0.2) is 11.7 Å². The molecule has 0 aromatic heterocycles. The van der Waals surface area contributed by atoms with Crippen LogP contribution in [-0.2, 0) is 9.59 Å². The molecule has 0 aromatic rings. The van der Waals surface area contributed by atoms with Crippen LogP contribution in [0, 0.1) is 0 Å². The molecule has 0 rings (SSSR count). The van der Waals surface area contributed by atoms with Crippen LogP contribution in [0.15, 0.2) is 17.1 Å². The molecule has 330 valence electrons. The van der Waals surface area contributed by atoms with Crippen LogP contribution in [0.25, 0.3) is 0 Å². The third kappa shape index (κ3) is 38.2. The SMILES string of the molecule is CCCCCCCC/C=C\CCCCCCCCN(CCCCCCCCCCCCCCCC)C(=O)C(N)C(N)C(=O)C(N)CCCN=C(N)N.Cl.Cl.Cl. The predicted octanol–water partition coefficient (Wildman–Crippen LogP) is 10.2. The Hall–Kier alpha value is -1.10. The lowest BCUT2D eigenvalue weighted by Gasteiger charge is -2.29. The highest BCUT2D eigenvalue weighted by atomic mass is 35.5. The number of Topliss-reactive ketones (excluding diaryl/α,β-unsaturated/α-hetero) is 1. The highest BCUT2D eigenvalue weighted by Crippen LogP contribution is 2.15. The number of carbonyl (C=O) groups excluding carboxylic acids is 2. The minimum absolute atomic E-state index is 0. The molecule has 0 saturated heterocycles. The van der Waals surface area contributed by atoms with E-state index in [0.717, 1.165) is 25.7 Å². The summed E-state index contributed by atoms with van der Waals surface area (Å²) in [6, 6.07) is -3.04. The number of halogens is 3. The third-order valence-corrected chi connectivity index (χ3v) is 10.4. The molecular formula is C43H90Cl3N7O2. The minimum atomic E-state index is -1.13. The Morgan fingerprint density at radius 1 is 0.509 bits per heavy atom. The van der Waals surface area contributed by atoms with Gasteiger partial charge < -0.3 is 33.6 Å². The summed E-state index contributed by atoms with van der Waals surface area (Å²) in [5.74, 6) is -0.625. The van der Waals surface area contributed by atoms with Gasteiger partial charge in [-0.2, -0.15) is 0 Å². The maximum Gasteiger partial charge on any atom is 0.241 e. The Bertz CT molecular complexity index is 894. The van der Waals surface area contributed by atoms with Crippen LogP contribution in [0.5, 0.6) is 0 Å². The lowest BCUT2D eigenvalue weighted by Crippen LogP contribution is -2.59. The molecule has 0 bridgehead atoms. The smallest absolute Gasteiger partial charge is 0.241 e. The second kappa shape index (κ2) is 45.6. The fourth-order valence-corrected chi connectivity index (χ4v) is 6.83. The van der Waals surface area contributed by atoms with Crippen molar-refractivity contribution in [2.45, 2.75) is 225 Å². The molecule has 0 aliphatic heterocycles. The second-order valence-corrected chi connectivity index (χ2v) is 15.4. The number of amides is 1. The number of allylic oxidation sites excluding steroid dienone is 2. The first-order chi connectivity index (χ1) is 25.3.